The van der Waals surface area contributed by atoms with Crippen LogP contribution in [0.4, 0.5) is 0 Å². The van der Waals surface area contributed by atoms with Crippen LogP contribution in [0.3, 0.4) is 0 Å². The van der Waals surface area contributed by atoms with Crippen molar-refractivity contribution in [3.8, 4) is 0 Å². The average Bonchev–Trinajstić information content (AvgIpc) is 2.83. The SMILES string of the molecule is CN(C)CCn1ncc(Cl)c1C1=CCNC1. The monoisotopic (exact) mass is 240 g/mol. The van der Waals surface area contributed by atoms with E-state index in [9.17, 15) is 0 Å². The summed E-state index contributed by atoms with van der Waals surface area (Å²) in [6.45, 7) is 3.63. The molecule has 1 aliphatic rings. The summed E-state index contributed by atoms with van der Waals surface area (Å²) in [4.78, 5) is 2.14. The smallest absolute Gasteiger partial charge is 0.0862 e. The van der Waals surface area contributed by atoms with E-state index in [0.717, 1.165) is 36.9 Å². The molecule has 0 spiro atoms. The molecule has 16 heavy (non-hydrogen) atoms. The van der Waals surface area contributed by atoms with Crippen LogP contribution in [0.2, 0.25) is 5.02 Å². The normalized spacial score (nSPS) is 15.9. The van der Waals surface area contributed by atoms with E-state index >= 15 is 0 Å². The molecule has 0 fully saturated rings. The van der Waals surface area contributed by atoms with Crippen molar-refractivity contribution in [3.63, 3.8) is 0 Å². The van der Waals surface area contributed by atoms with Gasteiger partial charge in [0.05, 0.1) is 23.5 Å². The Balaban J connectivity index is 2.18. The largest absolute Gasteiger partial charge is 0.309 e. The Bertz CT molecular complexity index is 395. The Hall–Kier alpha value is -0.840. The molecule has 0 bridgehead atoms. The van der Waals surface area contributed by atoms with Gasteiger partial charge in [-0.1, -0.05) is 17.7 Å². The maximum atomic E-state index is 6.17. The van der Waals surface area contributed by atoms with Gasteiger partial charge in [-0.3, -0.25) is 4.68 Å². The lowest BCUT2D eigenvalue weighted by atomic mass is 10.2. The fourth-order valence-corrected chi connectivity index (χ4v) is 2.06. The fraction of sp³-hybridized carbons (Fsp3) is 0.545. The van der Waals surface area contributed by atoms with Crippen LogP contribution in [0.5, 0.6) is 0 Å². The molecule has 2 rings (SSSR count). The van der Waals surface area contributed by atoms with E-state index in [1.54, 1.807) is 6.20 Å². The highest BCUT2D eigenvalue weighted by Gasteiger charge is 2.16. The third-order valence-corrected chi connectivity index (χ3v) is 2.94. The molecule has 0 aromatic carbocycles. The topological polar surface area (TPSA) is 33.1 Å². The van der Waals surface area contributed by atoms with Gasteiger partial charge in [-0.2, -0.15) is 5.10 Å². The number of halogens is 1. The maximum Gasteiger partial charge on any atom is 0.0862 e. The van der Waals surface area contributed by atoms with Crippen molar-refractivity contribution in [2.75, 3.05) is 33.7 Å². The number of likely N-dealkylation sites (N-methyl/N-ethyl adjacent to an activating group) is 1. The van der Waals surface area contributed by atoms with Crippen molar-refractivity contribution in [2.45, 2.75) is 6.54 Å². The number of rotatable bonds is 4. The zero-order chi connectivity index (χ0) is 11.5. The van der Waals surface area contributed by atoms with Crippen molar-refractivity contribution in [1.29, 1.82) is 0 Å². The summed E-state index contributed by atoms with van der Waals surface area (Å²) in [5.74, 6) is 0. The van der Waals surface area contributed by atoms with Gasteiger partial charge in [0, 0.05) is 19.6 Å². The van der Waals surface area contributed by atoms with Crippen LogP contribution in [0.15, 0.2) is 12.3 Å². The first-order valence-electron chi connectivity index (χ1n) is 5.44. The van der Waals surface area contributed by atoms with Gasteiger partial charge in [0.15, 0.2) is 0 Å². The Labute approximate surface area is 101 Å². The van der Waals surface area contributed by atoms with E-state index in [-0.39, 0.29) is 0 Å². The maximum absolute atomic E-state index is 6.17. The van der Waals surface area contributed by atoms with E-state index in [2.05, 4.69) is 35.5 Å². The summed E-state index contributed by atoms with van der Waals surface area (Å²) < 4.78 is 1.99. The second kappa shape index (κ2) is 4.99. The van der Waals surface area contributed by atoms with E-state index < -0.39 is 0 Å². The Morgan fingerprint density at radius 1 is 1.56 bits per heavy atom. The second-order valence-corrected chi connectivity index (χ2v) is 4.63. The van der Waals surface area contributed by atoms with Crippen LogP contribution < -0.4 is 5.32 Å². The molecule has 1 N–H and O–H groups in total. The molecule has 0 atom stereocenters. The third-order valence-electron chi connectivity index (χ3n) is 2.67. The molecular formula is C11H17ClN4. The minimum absolute atomic E-state index is 0.744. The molecule has 0 saturated carbocycles. The highest BCUT2D eigenvalue weighted by Crippen LogP contribution is 2.24. The molecule has 2 heterocycles. The molecule has 0 radical (unpaired) electrons. The van der Waals surface area contributed by atoms with Gasteiger partial charge in [-0.15, -0.1) is 0 Å². The number of aromatic nitrogens is 2. The van der Waals surface area contributed by atoms with Crippen LogP contribution in [0.1, 0.15) is 5.69 Å². The molecule has 5 heteroatoms. The predicted molar refractivity (Wildman–Crippen MR) is 66.6 cm³/mol. The van der Waals surface area contributed by atoms with Crippen molar-refractivity contribution >= 4 is 17.2 Å². The summed E-state index contributed by atoms with van der Waals surface area (Å²) in [6.07, 6.45) is 3.90. The molecule has 0 unspecified atom stereocenters. The quantitative estimate of drug-likeness (QED) is 0.855. The Kier molecular flexibility index (Phi) is 3.63. The van der Waals surface area contributed by atoms with Crippen molar-refractivity contribution in [2.24, 2.45) is 0 Å². The number of hydrogen-bond acceptors (Lipinski definition) is 3. The minimum atomic E-state index is 0.744. The van der Waals surface area contributed by atoms with Crippen LogP contribution in [-0.2, 0) is 6.54 Å². The molecule has 4 nitrogen and oxygen atoms in total. The molecule has 0 saturated heterocycles. The standard InChI is InChI=1S/C11H17ClN4/c1-15(2)5-6-16-11(10(12)8-14-16)9-3-4-13-7-9/h3,8,13H,4-7H2,1-2H3. The van der Waals surface area contributed by atoms with Gasteiger partial charge in [-0.25, -0.2) is 0 Å². The van der Waals surface area contributed by atoms with E-state index in [0.29, 0.717) is 0 Å². The number of nitrogens with one attached hydrogen (secondary N) is 1. The van der Waals surface area contributed by atoms with Crippen LogP contribution in [-0.4, -0.2) is 48.4 Å². The summed E-state index contributed by atoms with van der Waals surface area (Å²) in [7, 11) is 4.11. The lowest BCUT2D eigenvalue weighted by Crippen LogP contribution is -2.20. The molecular weight excluding hydrogens is 224 g/mol. The van der Waals surface area contributed by atoms with Crippen molar-refractivity contribution < 1.29 is 0 Å². The third kappa shape index (κ3) is 2.45. The van der Waals surface area contributed by atoms with Crippen molar-refractivity contribution in [1.82, 2.24) is 20.0 Å². The zero-order valence-electron chi connectivity index (χ0n) is 9.70. The number of nitrogens with zero attached hydrogens (tertiary/aromatic N) is 3. The summed E-state index contributed by atoms with van der Waals surface area (Å²) in [5, 5.41) is 8.34. The second-order valence-electron chi connectivity index (χ2n) is 4.23. The molecule has 88 valence electrons. The van der Waals surface area contributed by atoms with Crippen molar-refractivity contribution in [3.05, 3.63) is 23.0 Å². The fourth-order valence-electron chi connectivity index (χ4n) is 1.80. The lowest BCUT2D eigenvalue weighted by molar-refractivity contribution is 0.372. The van der Waals surface area contributed by atoms with Gasteiger partial charge >= 0.3 is 0 Å². The summed E-state index contributed by atoms with van der Waals surface area (Å²) >= 11 is 6.17. The van der Waals surface area contributed by atoms with Gasteiger partial charge in [0.1, 0.15) is 0 Å². The van der Waals surface area contributed by atoms with Gasteiger partial charge in [0.25, 0.3) is 0 Å². The first-order chi connectivity index (χ1) is 7.68. The average molecular weight is 241 g/mol. The number of hydrogen-bond donors (Lipinski definition) is 1. The van der Waals surface area contributed by atoms with Crippen LogP contribution in [0.25, 0.3) is 5.57 Å². The zero-order valence-corrected chi connectivity index (χ0v) is 10.5. The molecule has 1 aromatic heterocycles. The van der Waals surface area contributed by atoms with Crippen LogP contribution >= 0.6 is 11.6 Å². The summed E-state index contributed by atoms with van der Waals surface area (Å²) in [5.41, 5.74) is 2.31. The highest BCUT2D eigenvalue weighted by molar-refractivity contribution is 6.32. The van der Waals surface area contributed by atoms with Gasteiger partial charge < -0.3 is 10.2 Å². The highest BCUT2D eigenvalue weighted by atomic mass is 35.5. The first kappa shape index (κ1) is 11.6. The molecule has 0 aliphatic carbocycles. The van der Waals surface area contributed by atoms with E-state index in [1.165, 1.54) is 5.57 Å². The lowest BCUT2D eigenvalue weighted by Gasteiger charge is -2.12. The molecule has 1 aliphatic heterocycles. The van der Waals surface area contributed by atoms with Crippen LogP contribution in [0, 0.1) is 0 Å². The summed E-state index contributed by atoms with van der Waals surface area (Å²) in [6, 6.07) is 0. The molecule has 0 amide bonds. The minimum Gasteiger partial charge on any atom is -0.309 e. The van der Waals surface area contributed by atoms with Gasteiger partial charge in [-0.05, 0) is 19.7 Å². The predicted octanol–water partition coefficient (Wildman–Crippen LogP) is 1.08. The van der Waals surface area contributed by atoms with Gasteiger partial charge in [0.2, 0.25) is 0 Å². The Morgan fingerprint density at radius 3 is 3.00 bits per heavy atom. The Morgan fingerprint density at radius 2 is 2.38 bits per heavy atom. The van der Waals surface area contributed by atoms with E-state index in [1.807, 2.05) is 4.68 Å². The molecule has 1 aromatic rings. The van der Waals surface area contributed by atoms with E-state index in [4.69, 9.17) is 11.6 Å². The first-order valence-corrected chi connectivity index (χ1v) is 5.82.